The Bertz CT molecular complexity index is 321. The monoisotopic (exact) mass is 210 g/mol. The van der Waals surface area contributed by atoms with E-state index in [-0.39, 0.29) is 12.4 Å². The molecule has 84 valence electrons. The number of aliphatic hydroxyl groups excluding tert-OH is 1. The molecule has 0 amide bonds. The molecule has 0 fully saturated rings. The first-order chi connectivity index (χ1) is 7.24. The van der Waals surface area contributed by atoms with Crippen molar-refractivity contribution in [1.29, 1.82) is 0 Å². The highest BCUT2D eigenvalue weighted by atomic mass is 16.5. The summed E-state index contributed by atoms with van der Waals surface area (Å²) in [5.41, 5.74) is 2.01. The molecule has 2 N–H and O–H groups in total. The zero-order valence-corrected chi connectivity index (χ0v) is 9.29. The zero-order chi connectivity index (χ0) is 11.3. The predicted molar refractivity (Wildman–Crippen MR) is 59.4 cm³/mol. The number of phenols is 1. The van der Waals surface area contributed by atoms with Crippen LogP contribution in [0.5, 0.6) is 11.5 Å². The summed E-state index contributed by atoms with van der Waals surface area (Å²) < 4.78 is 5.05. The van der Waals surface area contributed by atoms with Crippen molar-refractivity contribution >= 4 is 0 Å². The number of hydrogen-bond donors (Lipinski definition) is 2. The van der Waals surface area contributed by atoms with Crippen molar-refractivity contribution in [1.82, 2.24) is 0 Å². The molecule has 0 heterocycles. The number of aliphatic hydroxyl groups is 1. The summed E-state index contributed by atoms with van der Waals surface area (Å²) in [5, 5.41) is 18.7. The number of hydrogen-bond acceptors (Lipinski definition) is 3. The van der Waals surface area contributed by atoms with Gasteiger partial charge in [-0.2, -0.15) is 0 Å². The first kappa shape index (κ1) is 11.9. The van der Waals surface area contributed by atoms with Crippen LogP contribution in [0.4, 0.5) is 0 Å². The second kappa shape index (κ2) is 5.61. The van der Waals surface area contributed by atoms with E-state index in [2.05, 4.69) is 0 Å². The molecule has 1 aromatic carbocycles. The van der Waals surface area contributed by atoms with Gasteiger partial charge in [-0.1, -0.05) is 13.0 Å². The minimum absolute atomic E-state index is 0.139. The van der Waals surface area contributed by atoms with Crippen molar-refractivity contribution < 1.29 is 14.9 Å². The van der Waals surface area contributed by atoms with Crippen LogP contribution in [0.15, 0.2) is 12.1 Å². The fourth-order valence-electron chi connectivity index (χ4n) is 1.69. The maximum Gasteiger partial charge on any atom is 0.161 e. The molecular weight excluding hydrogens is 192 g/mol. The topological polar surface area (TPSA) is 49.7 Å². The van der Waals surface area contributed by atoms with Crippen molar-refractivity contribution in [3.63, 3.8) is 0 Å². The van der Waals surface area contributed by atoms with Gasteiger partial charge in [0, 0.05) is 12.2 Å². The minimum Gasteiger partial charge on any atom is -0.504 e. The molecule has 0 spiro atoms. The molecule has 0 bridgehead atoms. The smallest absolute Gasteiger partial charge is 0.161 e. The van der Waals surface area contributed by atoms with Crippen LogP contribution in [0.3, 0.4) is 0 Å². The van der Waals surface area contributed by atoms with Gasteiger partial charge in [0.25, 0.3) is 0 Å². The van der Waals surface area contributed by atoms with Crippen LogP contribution < -0.4 is 4.74 Å². The van der Waals surface area contributed by atoms with Gasteiger partial charge in [-0.25, -0.2) is 0 Å². The normalized spacial score (nSPS) is 10.3. The Hall–Kier alpha value is -1.22. The number of rotatable bonds is 5. The Morgan fingerprint density at radius 2 is 2.07 bits per heavy atom. The number of ether oxygens (including phenoxy) is 1. The Morgan fingerprint density at radius 1 is 1.33 bits per heavy atom. The van der Waals surface area contributed by atoms with E-state index in [1.165, 1.54) is 7.11 Å². The molecule has 0 aliphatic heterocycles. The molecule has 0 saturated carbocycles. The summed E-state index contributed by atoms with van der Waals surface area (Å²) in [4.78, 5) is 0. The predicted octanol–water partition coefficient (Wildman–Crippen LogP) is 1.89. The van der Waals surface area contributed by atoms with E-state index in [1.54, 1.807) is 6.07 Å². The van der Waals surface area contributed by atoms with Gasteiger partial charge in [0.05, 0.1) is 7.11 Å². The SMILES string of the molecule is CCc1ccc(OC)c(O)c1CCCO. The van der Waals surface area contributed by atoms with Crippen LogP contribution in [-0.4, -0.2) is 23.9 Å². The fraction of sp³-hybridized carbons (Fsp3) is 0.500. The number of phenolic OH excluding ortho intramolecular Hbond substituents is 1. The van der Waals surface area contributed by atoms with Crippen molar-refractivity contribution in [3.8, 4) is 11.5 Å². The molecule has 3 nitrogen and oxygen atoms in total. The third-order valence-electron chi connectivity index (χ3n) is 2.53. The largest absolute Gasteiger partial charge is 0.504 e. The van der Waals surface area contributed by atoms with Gasteiger partial charge in [-0.05, 0) is 30.9 Å². The quantitative estimate of drug-likeness (QED) is 0.780. The van der Waals surface area contributed by atoms with Gasteiger partial charge >= 0.3 is 0 Å². The van der Waals surface area contributed by atoms with Crippen LogP contribution in [0.2, 0.25) is 0 Å². The summed E-state index contributed by atoms with van der Waals surface area (Å²) in [6.45, 7) is 2.18. The molecule has 0 radical (unpaired) electrons. The van der Waals surface area contributed by atoms with Crippen LogP contribution in [0.25, 0.3) is 0 Å². The van der Waals surface area contributed by atoms with E-state index in [1.807, 2.05) is 13.0 Å². The lowest BCUT2D eigenvalue weighted by Crippen LogP contribution is -1.98. The Morgan fingerprint density at radius 3 is 2.60 bits per heavy atom. The van der Waals surface area contributed by atoms with Crippen LogP contribution >= 0.6 is 0 Å². The molecule has 1 aromatic rings. The van der Waals surface area contributed by atoms with E-state index >= 15 is 0 Å². The Balaban J connectivity index is 3.05. The highest BCUT2D eigenvalue weighted by Crippen LogP contribution is 2.33. The molecule has 3 heteroatoms. The van der Waals surface area contributed by atoms with E-state index in [0.29, 0.717) is 18.6 Å². The molecule has 0 aliphatic rings. The van der Waals surface area contributed by atoms with Crippen LogP contribution in [-0.2, 0) is 12.8 Å². The second-order valence-electron chi connectivity index (χ2n) is 3.43. The van der Waals surface area contributed by atoms with Gasteiger partial charge < -0.3 is 14.9 Å². The van der Waals surface area contributed by atoms with Gasteiger partial charge in [0.1, 0.15) is 0 Å². The molecule has 1 rings (SSSR count). The van der Waals surface area contributed by atoms with Gasteiger partial charge in [0.2, 0.25) is 0 Å². The summed E-state index contributed by atoms with van der Waals surface area (Å²) in [6, 6.07) is 3.74. The highest BCUT2D eigenvalue weighted by Gasteiger charge is 2.11. The molecule has 0 aromatic heterocycles. The number of benzene rings is 1. The van der Waals surface area contributed by atoms with Crippen LogP contribution in [0.1, 0.15) is 24.5 Å². The van der Waals surface area contributed by atoms with E-state index < -0.39 is 0 Å². The molecule has 0 atom stereocenters. The Kier molecular flexibility index (Phi) is 4.43. The van der Waals surface area contributed by atoms with E-state index in [0.717, 1.165) is 17.5 Å². The average molecular weight is 210 g/mol. The van der Waals surface area contributed by atoms with Gasteiger partial charge in [-0.15, -0.1) is 0 Å². The molecule has 0 unspecified atom stereocenters. The minimum atomic E-state index is 0.139. The van der Waals surface area contributed by atoms with Gasteiger partial charge in [0.15, 0.2) is 11.5 Å². The highest BCUT2D eigenvalue weighted by molar-refractivity contribution is 5.49. The van der Waals surface area contributed by atoms with Crippen molar-refractivity contribution in [2.45, 2.75) is 26.2 Å². The third kappa shape index (κ3) is 2.63. The lowest BCUT2D eigenvalue weighted by molar-refractivity contribution is 0.287. The summed E-state index contributed by atoms with van der Waals surface area (Å²) in [7, 11) is 1.54. The van der Waals surface area contributed by atoms with Crippen molar-refractivity contribution in [2.75, 3.05) is 13.7 Å². The summed E-state index contributed by atoms with van der Waals surface area (Å²) in [5.74, 6) is 0.713. The summed E-state index contributed by atoms with van der Waals surface area (Å²) in [6.07, 6.45) is 2.22. The number of methoxy groups -OCH3 is 1. The average Bonchev–Trinajstić information content (AvgIpc) is 2.27. The third-order valence-corrected chi connectivity index (χ3v) is 2.53. The maximum absolute atomic E-state index is 9.92. The first-order valence-electron chi connectivity index (χ1n) is 5.23. The maximum atomic E-state index is 9.92. The molecular formula is C12H18O3. The number of aromatic hydroxyl groups is 1. The molecule has 0 aliphatic carbocycles. The van der Waals surface area contributed by atoms with Crippen LogP contribution in [0, 0.1) is 0 Å². The molecule has 15 heavy (non-hydrogen) atoms. The molecule has 0 saturated heterocycles. The first-order valence-corrected chi connectivity index (χ1v) is 5.23. The van der Waals surface area contributed by atoms with Crippen molar-refractivity contribution in [2.24, 2.45) is 0 Å². The van der Waals surface area contributed by atoms with Gasteiger partial charge in [-0.3, -0.25) is 0 Å². The number of aryl methyl sites for hydroxylation is 1. The van der Waals surface area contributed by atoms with E-state index in [9.17, 15) is 5.11 Å². The Labute approximate surface area is 90.3 Å². The van der Waals surface area contributed by atoms with Crippen molar-refractivity contribution in [3.05, 3.63) is 23.3 Å². The second-order valence-corrected chi connectivity index (χ2v) is 3.43. The van der Waals surface area contributed by atoms with E-state index in [4.69, 9.17) is 9.84 Å². The summed E-state index contributed by atoms with van der Waals surface area (Å²) >= 11 is 0. The lowest BCUT2D eigenvalue weighted by atomic mass is 9.99. The lowest BCUT2D eigenvalue weighted by Gasteiger charge is -2.12. The fourth-order valence-corrected chi connectivity index (χ4v) is 1.69. The zero-order valence-electron chi connectivity index (χ0n) is 9.29. The standard InChI is InChI=1S/C12H18O3/c1-3-9-6-7-11(15-2)12(14)10(9)5-4-8-13/h6-7,13-14H,3-5,8H2,1-2H3.